The van der Waals surface area contributed by atoms with Gasteiger partial charge < -0.3 is 4.90 Å². The highest BCUT2D eigenvalue weighted by molar-refractivity contribution is 7.98. The Kier molecular flexibility index (Phi) is 5.08. The van der Waals surface area contributed by atoms with Crippen LogP contribution in [-0.2, 0) is 5.75 Å². The van der Waals surface area contributed by atoms with Crippen molar-refractivity contribution in [1.82, 2.24) is 24.6 Å². The number of hydrogen-bond acceptors (Lipinski definition) is 5. The molecular weight excluding hydrogens is 370 g/mol. The molecule has 0 aliphatic carbocycles. The minimum atomic E-state index is 0.000383. The number of thioether (sulfide) groups is 1. The molecule has 2 aromatic heterocycles. The van der Waals surface area contributed by atoms with Crippen LogP contribution in [0.3, 0.4) is 0 Å². The highest BCUT2D eigenvalue weighted by Gasteiger charge is 2.12. The first-order chi connectivity index (χ1) is 13.6. The molecule has 1 amide bonds. The van der Waals surface area contributed by atoms with Gasteiger partial charge in [-0.2, -0.15) is 5.10 Å². The van der Waals surface area contributed by atoms with E-state index in [0.29, 0.717) is 11.3 Å². The van der Waals surface area contributed by atoms with E-state index in [1.54, 1.807) is 43.3 Å². The molecule has 4 rings (SSSR count). The lowest BCUT2D eigenvalue weighted by Gasteiger charge is -2.11. The smallest absolute Gasteiger partial charge is 0.253 e. The van der Waals surface area contributed by atoms with Gasteiger partial charge in [-0.25, -0.2) is 14.6 Å². The molecule has 0 saturated carbocycles. The van der Waals surface area contributed by atoms with E-state index in [1.807, 2.05) is 59.3 Å². The van der Waals surface area contributed by atoms with Crippen LogP contribution in [0.25, 0.3) is 16.7 Å². The van der Waals surface area contributed by atoms with Crippen molar-refractivity contribution in [2.75, 3.05) is 14.1 Å². The number of amides is 1. The maximum absolute atomic E-state index is 12.2. The van der Waals surface area contributed by atoms with Crippen molar-refractivity contribution in [3.8, 4) is 5.69 Å². The van der Waals surface area contributed by atoms with E-state index >= 15 is 0 Å². The number of rotatable bonds is 5. The number of carbonyl (C=O) groups is 1. The van der Waals surface area contributed by atoms with Crippen LogP contribution < -0.4 is 0 Å². The molecule has 0 spiro atoms. The Morgan fingerprint density at radius 1 is 1.07 bits per heavy atom. The number of aromatic nitrogens is 4. The quantitative estimate of drug-likeness (QED) is 0.384. The van der Waals surface area contributed by atoms with E-state index in [9.17, 15) is 4.79 Å². The first-order valence-electron chi connectivity index (χ1n) is 8.81. The zero-order valence-corrected chi connectivity index (χ0v) is 16.4. The molecule has 0 bridgehead atoms. The van der Waals surface area contributed by atoms with Crippen LogP contribution in [0, 0.1) is 0 Å². The van der Waals surface area contributed by atoms with Crippen LogP contribution in [-0.4, -0.2) is 44.7 Å². The molecule has 28 heavy (non-hydrogen) atoms. The lowest BCUT2D eigenvalue weighted by Crippen LogP contribution is -2.21. The number of para-hydroxylation sites is 1. The Morgan fingerprint density at radius 2 is 1.89 bits per heavy atom. The zero-order chi connectivity index (χ0) is 19.5. The molecule has 2 aromatic carbocycles. The fraction of sp³-hybridized carbons (Fsp3) is 0.143. The van der Waals surface area contributed by atoms with Gasteiger partial charge in [-0.05, 0) is 29.8 Å². The largest absolute Gasteiger partial charge is 0.345 e. The first-order valence-corrected chi connectivity index (χ1v) is 9.79. The van der Waals surface area contributed by atoms with E-state index in [0.717, 1.165) is 27.3 Å². The van der Waals surface area contributed by atoms with E-state index < -0.39 is 0 Å². The fourth-order valence-electron chi connectivity index (χ4n) is 2.90. The van der Waals surface area contributed by atoms with Gasteiger partial charge in [0.05, 0.1) is 17.3 Å². The number of carbonyl (C=O) groups excluding carboxylic acids is 1. The molecule has 0 saturated heterocycles. The van der Waals surface area contributed by atoms with E-state index in [-0.39, 0.29) is 5.91 Å². The second-order valence-electron chi connectivity index (χ2n) is 6.50. The Balaban J connectivity index is 1.59. The number of nitrogens with zero attached hydrogens (tertiary/aromatic N) is 5. The Hall–Kier alpha value is -3.19. The lowest BCUT2D eigenvalue weighted by atomic mass is 10.1. The summed E-state index contributed by atoms with van der Waals surface area (Å²) in [7, 11) is 3.51. The van der Waals surface area contributed by atoms with Crippen LogP contribution in [0.2, 0.25) is 0 Å². The predicted molar refractivity (Wildman–Crippen MR) is 111 cm³/mol. The second-order valence-corrected chi connectivity index (χ2v) is 7.46. The van der Waals surface area contributed by atoms with Gasteiger partial charge in [0.2, 0.25) is 0 Å². The van der Waals surface area contributed by atoms with Gasteiger partial charge in [-0.15, -0.1) is 11.8 Å². The number of hydrogen-bond donors (Lipinski definition) is 0. The topological polar surface area (TPSA) is 63.9 Å². The Bertz CT molecular complexity index is 1120. The fourth-order valence-corrected chi connectivity index (χ4v) is 3.80. The highest BCUT2D eigenvalue weighted by atomic mass is 32.2. The molecule has 0 N–H and O–H groups in total. The van der Waals surface area contributed by atoms with Crippen LogP contribution in [0.4, 0.5) is 0 Å². The average Bonchev–Trinajstić information content (AvgIpc) is 3.17. The SMILES string of the molecule is CN(C)C(=O)c1cccc(CSc2ncnc3c2cnn3-c2ccccc2)c1. The first kappa shape index (κ1) is 18.2. The monoisotopic (exact) mass is 389 g/mol. The third kappa shape index (κ3) is 3.61. The molecular formula is C21H19N5OS. The van der Waals surface area contributed by atoms with Gasteiger partial charge in [0.1, 0.15) is 11.4 Å². The predicted octanol–water partition coefficient (Wildman–Crippen LogP) is 3.81. The molecule has 0 fully saturated rings. The minimum absolute atomic E-state index is 0.000383. The molecule has 7 heteroatoms. The maximum atomic E-state index is 12.2. The molecule has 0 aliphatic heterocycles. The summed E-state index contributed by atoms with van der Waals surface area (Å²) < 4.78 is 1.82. The van der Waals surface area contributed by atoms with Gasteiger partial charge in [0.15, 0.2) is 5.65 Å². The minimum Gasteiger partial charge on any atom is -0.345 e. The summed E-state index contributed by atoms with van der Waals surface area (Å²) in [5.74, 6) is 0.706. The molecule has 140 valence electrons. The van der Waals surface area contributed by atoms with Crippen molar-refractivity contribution in [3.05, 3.63) is 78.2 Å². The third-order valence-corrected chi connectivity index (χ3v) is 5.36. The summed E-state index contributed by atoms with van der Waals surface area (Å²) in [4.78, 5) is 22.6. The summed E-state index contributed by atoms with van der Waals surface area (Å²) in [6, 6.07) is 17.6. The van der Waals surface area contributed by atoms with Gasteiger partial charge in [0.25, 0.3) is 5.91 Å². The summed E-state index contributed by atoms with van der Waals surface area (Å²) in [6.45, 7) is 0. The van der Waals surface area contributed by atoms with Crippen molar-refractivity contribution < 1.29 is 4.79 Å². The molecule has 4 aromatic rings. The molecule has 0 radical (unpaired) electrons. The van der Waals surface area contributed by atoms with Crippen LogP contribution in [0.15, 0.2) is 72.1 Å². The van der Waals surface area contributed by atoms with Crippen LogP contribution in [0.1, 0.15) is 15.9 Å². The van der Waals surface area contributed by atoms with Crippen LogP contribution in [0.5, 0.6) is 0 Å². The molecule has 6 nitrogen and oxygen atoms in total. The molecule has 0 unspecified atom stereocenters. The zero-order valence-electron chi connectivity index (χ0n) is 15.6. The summed E-state index contributed by atoms with van der Waals surface area (Å²) in [5.41, 5.74) is 3.50. The van der Waals surface area contributed by atoms with Crippen molar-refractivity contribution >= 4 is 28.7 Å². The molecule has 0 aliphatic rings. The maximum Gasteiger partial charge on any atom is 0.253 e. The number of benzene rings is 2. The van der Waals surface area contributed by atoms with Crippen molar-refractivity contribution in [3.63, 3.8) is 0 Å². The standard InChI is InChI=1S/C21H19N5OS/c1-25(2)21(27)16-8-6-7-15(11-16)13-28-20-18-12-24-26(19(18)22-14-23-20)17-9-4-3-5-10-17/h3-12,14H,13H2,1-2H3. The van der Waals surface area contributed by atoms with Crippen molar-refractivity contribution in [1.29, 1.82) is 0 Å². The van der Waals surface area contributed by atoms with Gasteiger partial charge in [-0.3, -0.25) is 4.79 Å². The number of fused-ring (bicyclic) bond motifs is 1. The van der Waals surface area contributed by atoms with E-state index in [2.05, 4.69) is 15.1 Å². The van der Waals surface area contributed by atoms with Crippen molar-refractivity contribution in [2.24, 2.45) is 0 Å². The molecule has 0 atom stereocenters. The molecule has 2 heterocycles. The second kappa shape index (κ2) is 7.82. The Morgan fingerprint density at radius 3 is 2.68 bits per heavy atom. The van der Waals surface area contributed by atoms with Crippen LogP contribution >= 0.6 is 11.8 Å². The summed E-state index contributed by atoms with van der Waals surface area (Å²) in [6.07, 6.45) is 3.37. The van der Waals surface area contributed by atoms with Gasteiger partial charge >= 0.3 is 0 Å². The average molecular weight is 389 g/mol. The van der Waals surface area contributed by atoms with Gasteiger partial charge in [-0.1, -0.05) is 30.3 Å². The lowest BCUT2D eigenvalue weighted by molar-refractivity contribution is 0.0827. The van der Waals surface area contributed by atoms with Crippen molar-refractivity contribution in [2.45, 2.75) is 10.8 Å². The Labute approximate surface area is 167 Å². The van der Waals surface area contributed by atoms with E-state index in [1.165, 1.54) is 0 Å². The van der Waals surface area contributed by atoms with Gasteiger partial charge in [0, 0.05) is 25.4 Å². The third-order valence-electron chi connectivity index (χ3n) is 4.29. The summed E-state index contributed by atoms with van der Waals surface area (Å²) >= 11 is 1.61. The van der Waals surface area contributed by atoms with E-state index in [4.69, 9.17) is 0 Å². The normalized spacial score (nSPS) is 10.9. The summed E-state index contributed by atoms with van der Waals surface area (Å²) in [5, 5.41) is 6.27. The highest BCUT2D eigenvalue weighted by Crippen LogP contribution is 2.28.